The van der Waals surface area contributed by atoms with E-state index in [1.807, 2.05) is 0 Å². The van der Waals surface area contributed by atoms with Gasteiger partial charge in [0.1, 0.15) is 11.4 Å². The second-order valence-corrected chi connectivity index (χ2v) is 24.2. The number of rotatable bonds is 6. The van der Waals surface area contributed by atoms with Crippen LogP contribution in [0.25, 0.3) is 0 Å². The van der Waals surface area contributed by atoms with Gasteiger partial charge in [0.05, 0.1) is 0 Å². The van der Waals surface area contributed by atoms with E-state index < -0.39 is 11.9 Å². The van der Waals surface area contributed by atoms with Gasteiger partial charge < -0.3 is 9.68 Å². The van der Waals surface area contributed by atoms with Gasteiger partial charge in [0, 0.05) is 26.7 Å². The fourth-order valence-corrected chi connectivity index (χ4v) is 0.505. The standard InChI is InChI=1S/2C7H12N2O2.4ClH.Pt/c2*1-4-7(8)11-9-5(2)6(3)10;;;;;/h2*8H,4H2,1-3H3;4*1H;/q;;;;;;+4/p-4/b2*8-7?,9-5+;;;;;. The first kappa shape index (κ1) is 31.2. The van der Waals surface area contributed by atoms with Crippen LogP contribution >= 0.6 is 37.7 Å². The molecule has 0 unspecified atom stereocenters. The summed E-state index contributed by atoms with van der Waals surface area (Å²) >= 11 is -3.06. The van der Waals surface area contributed by atoms with E-state index in [4.69, 9.17) is 48.5 Å². The van der Waals surface area contributed by atoms with Crippen molar-refractivity contribution in [2.45, 2.75) is 54.4 Å². The predicted molar refractivity (Wildman–Crippen MR) is 109 cm³/mol. The van der Waals surface area contributed by atoms with E-state index in [9.17, 15) is 9.59 Å². The Balaban J connectivity index is -0.000000344. The summed E-state index contributed by atoms with van der Waals surface area (Å²) in [6, 6.07) is 0. The Morgan fingerprint density at radius 3 is 1.15 bits per heavy atom. The van der Waals surface area contributed by atoms with Crippen LogP contribution in [0.15, 0.2) is 10.3 Å². The second kappa shape index (κ2) is 17.6. The van der Waals surface area contributed by atoms with Crippen molar-refractivity contribution in [3.8, 4) is 0 Å². The Hall–Kier alpha value is -0.532. The molecule has 0 rings (SSSR count). The van der Waals surface area contributed by atoms with E-state index in [0.717, 1.165) is 0 Å². The Bertz CT molecular complexity index is 528. The predicted octanol–water partition coefficient (Wildman–Crippen LogP) is 5.47. The van der Waals surface area contributed by atoms with Gasteiger partial charge in [0.2, 0.25) is 11.8 Å². The molecule has 0 bridgehead atoms. The molecule has 0 aromatic rings. The SMILES string of the molecule is CCC(=N)O/N=C(\C)C(C)=O.CCC(=N)O/N=C(\C)C(C)=O.[Cl][Pt]([Cl])([Cl])[Cl]. The summed E-state index contributed by atoms with van der Waals surface area (Å²) in [4.78, 5) is 30.3. The summed E-state index contributed by atoms with van der Waals surface area (Å²) in [5, 5.41) is 20.9. The minimum atomic E-state index is -3.06. The second-order valence-electron chi connectivity index (χ2n) is 4.47. The molecule has 0 saturated carbocycles. The van der Waals surface area contributed by atoms with E-state index in [0.29, 0.717) is 12.8 Å². The molecule has 27 heavy (non-hydrogen) atoms. The molecule has 2 N–H and O–H groups in total. The normalized spacial score (nSPS) is 11.8. The van der Waals surface area contributed by atoms with Crippen LogP contribution in [0.3, 0.4) is 0 Å². The number of hydrogen-bond donors (Lipinski definition) is 2. The van der Waals surface area contributed by atoms with E-state index in [1.165, 1.54) is 13.8 Å². The van der Waals surface area contributed by atoms with Gasteiger partial charge in [-0.05, 0) is 13.8 Å². The van der Waals surface area contributed by atoms with Crippen molar-refractivity contribution in [3.05, 3.63) is 0 Å². The fourth-order valence-electron chi connectivity index (χ4n) is 0.505. The van der Waals surface area contributed by atoms with Gasteiger partial charge in [-0.15, -0.1) is 0 Å². The first-order valence-corrected chi connectivity index (χ1v) is 18.5. The van der Waals surface area contributed by atoms with Crippen LogP contribution in [0.4, 0.5) is 0 Å². The number of Topliss-reactive ketones (excluding diaryl/α,β-unsaturated/α-hetero) is 2. The molecule has 0 heterocycles. The minimum absolute atomic E-state index is 0.0607. The van der Waals surface area contributed by atoms with E-state index in [2.05, 4.69) is 20.0 Å². The molecule has 162 valence electrons. The maximum atomic E-state index is 10.6. The number of ketones is 2. The fraction of sp³-hybridized carbons (Fsp3) is 0.571. The zero-order valence-electron chi connectivity index (χ0n) is 15.8. The Kier molecular flexibility index (Phi) is 20.3. The molecule has 0 atom stereocenters. The molecule has 0 aromatic carbocycles. The van der Waals surface area contributed by atoms with Crippen molar-refractivity contribution in [2.75, 3.05) is 0 Å². The summed E-state index contributed by atoms with van der Waals surface area (Å²) in [6.07, 6.45) is 0.962. The van der Waals surface area contributed by atoms with Crippen LogP contribution in [0, 0.1) is 10.8 Å². The summed E-state index contributed by atoms with van der Waals surface area (Å²) in [6.45, 7) is 9.45. The third-order valence-corrected chi connectivity index (χ3v) is 2.25. The quantitative estimate of drug-likeness (QED) is 0.225. The first-order chi connectivity index (χ1) is 12.1. The van der Waals surface area contributed by atoms with Crippen molar-refractivity contribution < 1.29 is 31.2 Å². The number of hydrogen-bond acceptors (Lipinski definition) is 8. The van der Waals surface area contributed by atoms with Crippen molar-refractivity contribution in [2.24, 2.45) is 10.3 Å². The molecule has 0 saturated heterocycles. The number of halogens is 4. The third kappa shape index (κ3) is 30.4. The molecule has 0 fully saturated rings. The number of nitrogens with zero attached hydrogens (tertiary/aromatic N) is 2. The topological polar surface area (TPSA) is 125 Å². The Morgan fingerprint density at radius 2 is 1.00 bits per heavy atom. The Morgan fingerprint density at radius 1 is 0.778 bits per heavy atom. The average molecular weight is 649 g/mol. The molecular formula is C14H24Cl4N4O4Pt. The van der Waals surface area contributed by atoms with Crippen molar-refractivity contribution in [1.29, 1.82) is 10.8 Å². The van der Waals surface area contributed by atoms with Gasteiger partial charge in [-0.1, -0.05) is 24.2 Å². The molecule has 0 amide bonds. The van der Waals surface area contributed by atoms with Gasteiger partial charge in [-0.25, -0.2) is 0 Å². The van der Waals surface area contributed by atoms with Crippen LogP contribution < -0.4 is 0 Å². The summed E-state index contributed by atoms with van der Waals surface area (Å²) < 4.78 is 0. The van der Waals surface area contributed by atoms with E-state index in [-0.39, 0.29) is 34.8 Å². The number of carbonyl (C=O) groups is 2. The van der Waals surface area contributed by atoms with E-state index in [1.54, 1.807) is 27.7 Å². The van der Waals surface area contributed by atoms with Crippen molar-refractivity contribution >= 4 is 72.5 Å². The van der Waals surface area contributed by atoms with Crippen LogP contribution in [0.1, 0.15) is 54.4 Å². The summed E-state index contributed by atoms with van der Waals surface area (Å²) in [7, 11) is 20.0. The average Bonchev–Trinajstić information content (AvgIpc) is 2.55. The van der Waals surface area contributed by atoms with E-state index >= 15 is 0 Å². The molecule has 13 heteroatoms. The molecule has 0 aliphatic carbocycles. The molecular weight excluding hydrogens is 625 g/mol. The first-order valence-electron chi connectivity index (χ1n) is 7.23. The van der Waals surface area contributed by atoms with Crippen LogP contribution in [-0.4, -0.2) is 34.8 Å². The van der Waals surface area contributed by atoms with Crippen LogP contribution in [0.5, 0.6) is 0 Å². The Labute approximate surface area is 178 Å². The van der Waals surface area contributed by atoms with Crippen LogP contribution in [0.2, 0.25) is 0 Å². The van der Waals surface area contributed by atoms with Gasteiger partial charge in [-0.3, -0.25) is 20.4 Å². The van der Waals surface area contributed by atoms with Gasteiger partial charge >= 0.3 is 49.6 Å². The molecule has 0 aromatic heterocycles. The summed E-state index contributed by atoms with van der Waals surface area (Å²) in [5.41, 5.74) is 0.561. The monoisotopic (exact) mass is 647 g/mol. The van der Waals surface area contributed by atoms with Gasteiger partial charge in [0.15, 0.2) is 11.6 Å². The van der Waals surface area contributed by atoms with Crippen molar-refractivity contribution in [3.63, 3.8) is 0 Å². The zero-order chi connectivity index (χ0) is 22.2. The van der Waals surface area contributed by atoms with Gasteiger partial charge in [0.25, 0.3) is 0 Å². The number of nitrogens with one attached hydrogen (secondary N) is 2. The molecule has 0 spiro atoms. The molecule has 0 aliphatic heterocycles. The van der Waals surface area contributed by atoms with Crippen molar-refractivity contribution in [1.82, 2.24) is 0 Å². The maximum absolute atomic E-state index is 10.6. The summed E-state index contributed by atoms with van der Waals surface area (Å²) in [5.74, 6) is -0.168. The number of oxime groups is 2. The van der Waals surface area contributed by atoms with Crippen LogP contribution in [-0.2, 0) is 31.2 Å². The molecule has 0 aliphatic rings. The molecule has 8 nitrogen and oxygen atoms in total. The number of carbonyl (C=O) groups excluding carboxylic acids is 2. The zero-order valence-corrected chi connectivity index (χ0v) is 21.1. The third-order valence-electron chi connectivity index (χ3n) is 2.25. The van der Waals surface area contributed by atoms with Gasteiger partial charge in [-0.2, -0.15) is 0 Å². The molecule has 0 radical (unpaired) electrons.